The SMILES string of the molecule is C=CCc1ccc(OCC(=O)NCCc2ccccc2C)c(OC)c1. The van der Waals surface area contributed by atoms with E-state index in [1.54, 1.807) is 7.11 Å². The van der Waals surface area contributed by atoms with Gasteiger partial charge in [0.15, 0.2) is 18.1 Å². The van der Waals surface area contributed by atoms with E-state index in [9.17, 15) is 4.79 Å². The molecule has 0 aliphatic carbocycles. The average Bonchev–Trinajstić information content (AvgIpc) is 2.62. The van der Waals surface area contributed by atoms with Crippen LogP contribution < -0.4 is 14.8 Å². The van der Waals surface area contributed by atoms with Crippen molar-refractivity contribution in [3.8, 4) is 11.5 Å². The number of methoxy groups -OCH3 is 1. The van der Waals surface area contributed by atoms with Gasteiger partial charge in [-0.1, -0.05) is 36.4 Å². The number of hydrogen-bond acceptors (Lipinski definition) is 3. The standard InChI is InChI=1S/C21H25NO3/c1-4-7-17-10-11-19(20(14-17)24-3)25-15-21(23)22-13-12-18-9-6-5-8-16(18)2/h4-6,8-11,14H,1,7,12-13,15H2,2-3H3,(H,22,23). The lowest BCUT2D eigenvalue weighted by Gasteiger charge is -2.12. The molecule has 0 bridgehead atoms. The number of allylic oxidation sites excluding steroid dienone is 1. The molecule has 0 spiro atoms. The smallest absolute Gasteiger partial charge is 0.257 e. The van der Waals surface area contributed by atoms with E-state index in [0.717, 1.165) is 18.4 Å². The van der Waals surface area contributed by atoms with Gasteiger partial charge in [-0.3, -0.25) is 4.79 Å². The Morgan fingerprint density at radius 2 is 2.00 bits per heavy atom. The van der Waals surface area contributed by atoms with Crippen molar-refractivity contribution >= 4 is 5.91 Å². The Morgan fingerprint density at radius 1 is 1.20 bits per heavy atom. The maximum absolute atomic E-state index is 12.0. The molecule has 0 fully saturated rings. The van der Waals surface area contributed by atoms with Crippen LogP contribution in [0.15, 0.2) is 55.1 Å². The summed E-state index contributed by atoms with van der Waals surface area (Å²) in [4.78, 5) is 12.0. The number of rotatable bonds is 9. The first-order valence-electron chi connectivity index (χ1n) is 8.36. The first kappa shape index (κ1) is 18.6. The topological polar surface area (TPSA) is 47.6 Å². The van der Waals surface area contributed by atoms with Crippen LogP contribution in [-0.2, 0) is 17.6 Å². The molecule has 0 heterocycles. The van der Waals surface area contributed by atoms with E-state index in [-0.39, 0.29) is 12.5 Å². The van der Waals surface area contributed by atoms with E-state index in [1.807, 2.05) is 36.4 Å². The Kier molecular flexibility index (Phi) is 7.08. The summed E-state index contributed by atoms with van der Waals surface area (Å²) in [5.41, 5.74) is 3.56. The third kappa shape index (κ3) is 5.68. The van der Waals surface area contributed by atoms with Crippen molar-refractivity contribution in [2.75, 3.05) is 20.3 Å². The van der Waals surface area contributed by atoms with Gasteiger partial charge in [0.25, 0.3) is 5.91 Å². The predicted octanol–water partition coefficient (Wildman–Crippen LogP) is 3.47. The van der Waals surface area contributed by atoms with Crippen molar-refractivity contribution in [3.63, 3.8) is 0 Å². The zero-order chi connectivity index (χ0) is 18.1. The maximum Gasteiger partial charge on any atom is 0.257 e. The first-order valence-corrected chi connectivity index (χ1v) is 8.36. The van der Waals surface area contributed by atoms with Crippen LogP contribution in [0.3, 0.4) is 0 Å². The van der Waals surface area contributed by atoms with Gasteiger partial charge in [-0.05, 0) is 48.6 Å². The number of carbonyl (C=O) groups excluding carboxylic acids is 1. The second-order valence-corrected chi connectivity index (χ2v) is 5.79. The second kappa shape index (κ2) is 9.52. The van der Waals surface area contributed by atoms with Gasteiger partial charge in [-0.15, -0.1) is 6.58 Å². The van der Waals surface area contributed by atoms with Gasteiger partial charge in [0.05, 0.1) is 7.11 Å². The zero-order valence-electron chi connectivity index (χ0n) is 14.9. The number of benzene rings is 2. The van der Waals surface area contributed by atoms with Crippen molar-refractivity contribution in [1.29, 1.82) is 0 Å². The third-order valence-corrected chi connectivity index (χ3v) is 3.94. The average molecular weight is 339 g/mol. The molecule has 0 aliphatic rings. The van der Waals surface area contributed by atoms with Crippen LogP contribution in [0.25, 0.3) is 0 Å². The van der Waals surface area contributed by atoms with Crippen LogP contribution in [-0.4, -0.2) is 26.2 Å². The lowest BCUT2D eigenvalue weighted by Crippen LogP contribution is -2.30. The van der Waals surface area contributed by atoms with Crippen LogP contribution in [0.4, 0.5) is 0 Å². The highest BCUT2D eigenvalue weighted by Crippen LogP contribution is 2.28. The molecule has 25 heavy (non-hydrogen) atoms. The first-order chi connectivity index (χ1) is 12.1. The fourth-order valence-electron chi connectivity index (χ4n) is 2.55. The Morgan fingerprint density at radius 3 is 2.72 bits per heavy atom. The summed E-state index contributed by atoms with van der Waals surface area (Å²) in [5, 5.41) is 2.88. The molecule has 0 atom stereocenters. The van der Waals surface area contributed by atoms with E-state index in [0.29, 0.717) is 18.0 Å². The Balaban J connectivity index is 1.81. The van der Waals surface area contributed by atoms with E-state index < -0.39 is 0 Å². The van der Waals surface area contributed by atoms with Gasteiger partial charge in [0, 0.05) is 6.54 Å². The number of nitrogens with one attached hydrogen (secondary N) is 1. The molecule has 0 unspecified atom stereocenters. The van der Waals surface area contributed by atoms with E-state index in [1.165, 1.54) is 11.1 Å². The van der Waals surface area contributed by atoms with E-state index >= 15 is 0 Å². The summed E-state index contributed by atoms with van der Waals surface area (Å²) in [6, 6.07) is 13.8. The summed E-state index contributed by atoms with van der Waals surface area (Å²) in [6.07, 6.45) is 3.39. The molecule has 1 amide bonds. The zero-order valence-corrected chi connectivity index (χ0v) is 14.9. The van der Waals surface area contributed by atoms with Gasteiger partial charge < -0.3 is 14.8 Å². The summed E-state index contributed by atoms with van der Waals surface area (Å²) in [6.45, 7) is 6.35. The molecule has 0 aromatic heterocycles. The molecule has 2 aromatic carbocycles. The van der Waals surface area contributed by atoms with Crippen molar-refractivity contribution in [2.45, 2.75) is 19.8 Å². The molecule has 2 rings (SSSR count). The summed E-state index contributed by atoms with van der Waals surface area (Å²) in [7, 11) is 1.59. The molecule has 0 radical (unpaired) electrons. The van der Waals surface area contributed by atoms with Crippen LogP contribution >= 0.6 is 0 Å². The van der Waals surface area contributed by atoms with Gasteiger partial charge >= 0.3 is 0 Å². The lowest BCUT2D eigenvalue weighted by atomic mass is 10.1. The maximum atomic E-state index is 12.0. The molecule has 1 N–H and O–H groups in total. The second-order valence-electron chi connectivity index (χ2n) is 5.79. The van der Waals surface area contributed by atoms with Crippen LogP contribution in [0, 0.1) is 6.92 Å². The fourth-order valence-corrected chi connectivity index (χ4v) is 2.55. The molecule has 0 saturated heterocycles. The summed E-state index contributed by atoms with van der Waals surface area (Å²) < 4.78 is 10.9. The molecule has 0 aliphatic heterocycles. The van der Waals surface area contributed by atoms with E-state index in [4.69, 9.17) is 9.47 Å². The van der Waals surface area contributed by atoms with Crippen molar-refractivity contribution in [3.05, 3.63) is 71.8 Å². The highest BCUT2D eigenvalue weighted by atomic mass is 16.5. The molecular weight excluding hydrogens is 314 g/mol. The van der Waals surface area contributed by atoms with Gasteiger partial charge in [-0.25, -0.2) is 0 Å². The minimum atomic E-state index is -0.147. The Bertz CT molecular complexity index is 725. The number of ether oxygens (including phenoxy) is 2. The molecule has 0 saturated carbocycles. The number of carbonyl (C=O) groups is 1. The molecule has 4 nitrogen and oxygen atoms in total. The molecular formula is C21H25NO3. The Hall–Kier alpha value is -2.75. The minimum absolute atomic E-state index is 0.0368. The van der Waals surface area contributed by atoms with Crippen LogP contribution in [0.1, 0.15) is 16.7 Å². The van der Waals surface area contributed by atoms with Gasteiger partial charge in [-0.2, -0.15) is 0 Å². The molecule has 2 aromatic rings. The highest BCUT2D eigenvalue weighted by molar-refractivity contribution is 5.77. The van der Waals surface area contributed by atoms with Crippen molar-refractivity contribution < 1.29 is 14.3 Å². The number of amides is 1. The quantitative estimate of drug-likeness (QED) is 0.712. The van der Waals surface area contributed by atoms with E-state index in [2.05, 4.69) is 31.0 Å². The van der Waals surface area contributed by atoms with Gasteiger partial charge in [0.2, 0.25) is 0 Å². The van der Waals surface area contributed by atoms with Crippen molar-refractivity contribution in [2.24, 2.45) is 0 Å². The van der Waals surface area contributed by atoms with Crippen LogP contribution in [0.5, 0.6) is 11.5 Å². The minimum Gasteiger partial charge on any atom is -0.493 e. The number of aryl methyl sites for hydroxylation is 1. The lowest BCUT2D eigenvalue weighted by molar-refractivity contribution is -0.123. The highest BCUT2D eigenvalue weighted by Gasteiger charge is 2.08. The summed E-state index contributed by atoms with van der Waals surface area (Å²) in [5.74, 6) is 1.03. The fraction of sp³-hybridized carbons (Fsp3) is 0.286. The van der Waals surface area contributed by atoms with Gasteiger partial charge in [0.1, 0.15) is 0 Å². The number of hydrogen-bond donors (Lipinski definition) is 1. The van der Waals surface area contributed by atoms with Crippen LogP contribution in [0.2, 0.25) is 0 Å². The van der Waals surface area contributed by atoms with Crippen molar-refractivity contribution in [1.82, 2.24) is 5.32 Å². The molecule has 4 heteroatoms. The third-order valence-electron chi connectivity index (χ3n) is 3.94. The normalized spacial score (nSPS) is 10.2. The molecule has 132 valence electrons. The monoisotopic (exact) mass is 339 g/mol. The largest absolute Gasteiger partial charge is 0.493 e. The Labute approximate surface area is 149 Å². The summed E-state index contributed by atoms with van der Waals surface area (Å²) >= 11 is 0. The predicted molar refractivity (Wildman–Crippen MR) is 100 cm³/mol.